The van der Waals surface area contributed by atoms with Gasteiger partial charge in [0.1, 0.15) is 5.82 Å². The lowest BCUT2D eigenvalue weighted by Gasteiger charge is -2.13. The minimum Gasteiger partial charge on any atom is -0.376 e. The van der Waals surface area contributed by atoms with Crippen molar-refractivity contribution in [1.29, 1.82) is 0 Å². The van der Waals surface area contributed by atoms with Gasteiger partial charge in [-0.25, -0.2) is 4.39 Å². The van der Waals surface area contributed by atoms with Crippen LogP contribution in [0.5, 0.6) is 0 Å². The van der Waals surface area contributed by atoms with Crippen LogP contribution in [-0.2, 0) is 7.05 Å². The lowest BCUT2D eigenvalue weighted by atomic mass is 10.1. The maximum Gasteiger partial charge on any atom is 0.123 e. The Morgan fingerprint density at radius 2 is 2.00 bits per heavy atom. The van der Waals surface area contributed by atoms with Gasteiger partial charge in [0.25, 0.3) is 0 Å². The van der Waals surface area contributed by atoms with Crippen LogP contribution in [0.1, 0.15) is 18.5 Å². The minimum absolute atomic E-state index is 0.129. The first kappa shape index (κ1) is 10.7. The molecule has 1 atom stereocenters. The molecule has 84 valence electrons. The topological polar surface area (TPSA) is 29.9 Å². The number of nitrogens with zero attached hydrogens (tertiary/aromatic N) is 2. The molecule has 1 N–H and O–H groups in total. The average Bonchev–Trinajstić information content (AvgIpc) is 2.65. The van der Waals surface area contributed by atoms with E-state index in [2.05, 4.69) is 10.4 Å². The van der Waals surface area contributed by atoms with Gasteiger partial charge in [0, 0.05) is 19.3 Å². The van der Waals surface area contributed by atoms with Crippen molar-refractivity contribution in [3.05, 3.63) is 48.0 Å². The molecule has 0 aliphatic rings. The highest BCUT2D eigenvalue weighted by Gasteiger charge is 2.06. The summed E-state index contributed by atoms with van der Waals surface area (Å²) in [4.78, 5) is 0. The summed E-state index contributed by atoms with van der Waals surface area (Å²) >= 11 is 0. The molecule has 1 aromatic heterocycles. The fourth-order valence-corrected chi connectivity index (χ4v) is 1.58. The zero-order valence-electron chi connectivity index (χ0n) is 9.31. The summed E-state index contributed by atoms with van der Waals surface area (Å²) in [6.45, 7) is 2.03. The van der Waals surface area contributed by atoms with Crippen LogP contribution in [0.4, 0.5) is 10.1 Å². The zero-order chi connectivity index (χ0) is 11.5. The number of aromatic nitrogens is 2. The Balaban J connectivity index is 2.08. The molecular weight excluding hydrogens is 205 g/mol. The molecule has 0 saturated carbocycles. The molecule has 1 aromatic carbocycles. The summed E-state index contributed by atoms with van der Waals surface area (Å²) in [6, 6.07) is 6.63. The molecule has 2 aromatic rings. The van der Waals surface area contributed by atoms with Gasteiger partial charge in [-0.2, -0.15) is 5.10 Å². The zero-order valence-corrected chi connectivity index (χ0v) is 9.31. The van der Waals surface area contributed by atoms with Crippen molar-refractivity contribution in [2.75, 3.05) is 5.32 Å². The van der Waals surface area contributed by atoms with Crippen LogP contribution in [0.3, 0.4) is 0 Å². The second kappa shape index (κ2) is 4.35. The fraction of sp³-hybridized carbons (Fsp3) is 0.250. The van der Waals surface area contributed by atoms with Gasteiger partial charge in [-0.15, -0.1) is 0 Å². The number of nitrogens with one attached hydrogen (secondary N) is 1. The highest BCUT2D eigenvalue weighted by molar-refractivity contribution is 5.41. The van der Waals surface area contributed by atoms with Crippen molar-refractivity contribution in [2.45, 2.75) is 13.0 Å². The predicted octanol–water partition coefficient (Wildman–Crippen LogP) is 2.73. The van der Waals surface area contributed by atoms with Crippen molar-refractivity contribution in [1.82, 2.24) is 9.78 Å². The van der Waals surface area contributed by atoms with Gasteiger partial charge in [-0.05, 0) is 24.6 Å². The number of aryl methyl sites for hydroxylation is 1. The van der Waals surface area contributed by atoms with E-state index in [1.807, 2.05) is 20.2 Å². The molecule has 4 heteroatoms. The summed E-state index contributed by atoms with van der Waals surface area (Å²) in [5.41, 5.74) is 2.00. The highest BCUT2D eigenvalue weighted by Crippen LogP contribution is 2.18. The molecule has 3 nitrogen and oxygen atoms in total. The van der Waals surface area contributed by atoms with Crippen LogP contribution >= 0.6 is 0 Å². The molecule has 0 saturated heterocycles. The molecule has 0 aliphatic carbocycles. The summed E-state index contributed by atoms with van der Waals surface area (Å²) in [7, 11) is 1.87. The first-order chi connectivity index (χ1) is 7.65. The maximum atomic E-state index is 12.7. The van der Waals surface area contributed by atoms with E-state index in [1.165, 1.54) is 12.1 Å². The Morgan fingerprint density at radius 1 is 1.31 bits per heavy atom. The fourth-order valence-electron chi connectivity index (χ4n) is 1.58. The molecular formula is C12H14FN3. The molecule has 0 radical (unpaired) electrons. The van der Waals surface area contributed by atoms with Crippen molar-refractivity contribution in [3.8, 4) is 0 Å². The molecule has 0 fully saturated rings. The number of hydrogen-bond acceptors (Lipinski definition) is 2. The van der Waals surface area contributed by atoms with Crippen molar-refractivity contribution < 1.29 is 4.39 Å². The Hall–Kier alpha value is -1.84. The second-order valence-electron chi connectivity index (χ2n) is 3.82. The van der Waals surface area contributed by atoms with Crippen LogP contribution < -0.4 is 5.32 Å². The Morgan fingerprint density at radius 3 is 2.56 bits per heavy atom. The quantitative estimate of drug-likeness (QED) is 0.860. The lowest BCUT2D eigenvalue weighted by Crippen LogP contribution is -2.05. The highest BCUT2D eigenvalue weighted by atomic mass is 19.1. The third-order valence-corrected chi connectivity index (χ3v) is 2.46. The Kier molecular flexibility index (Phi) is 2.90. The van der Waals surface area contributed by atoms with E-state index in [9.17, 15) is 4.39 Å². The van der Waals surface area contributed by atoms with E-state index in [0.717, 1.165) is 11.3 Å². The predicted molar refractivity (Wildman–Crippen MR) is 61.6 cm³/mol. The first-order valence-electron chi connectivity index (χ1n) is 5.16. The van der Waals surface area contributed by atoms with Crippen LogP contribution in [0.2, 0.25) is 0 Å². The van der Waals surface area contributed by atoms with Gasteiger partial charge < -0.3 is 5.32 Å². The maximum absolute atomic E-state index is 12.7. The summed E-state index contributed by atoms with van der Waals surface area (Å²) in [5, 5.41) is 7.36. The van der Waals surface area contributed by atoms with Crippen molar-refractivity contribution >= 4 is 5.69 Å². The van der Waals surface area contributed by atoms with Crippen molar-refractivity contribution in [3.63, 3.8) is 0 Å². The number of benzene rings is 1. The van der Waals surface area contributed by atoms with Crippen LogP contribution in [0.25, 0.3) is 0 Å². The standard InChI is InChI=1S/C12H14FN3/c1-9(10-3-5-11(13)6-4-10)15-12-7-14-16(2)8-12/h3-9,15H,1-2H3. The van der Waals surface area contributed by atoms with Crippen LogP contribution in [0.15, 0.2) is 36.7 Å². The molecule has 1 unspecified atom stereocenters. The molecule has 16 heavy (non-hydrogen) atoms. The molecule has 0 bridgehead atoms. The van der Waals surface area contributed by atoms with E-state index in [4.69, 9.17) is 0 Å². The van der Waals surface area contributed by atoms with E-state index < -0.39 is 0 Å². The molecule has 1 heterocycles. The van der Waals surface area contributed by atoms with Gasteiger partial charge >= 0.3 is 0 Å². The SMILES string of the molecule is CC(Nc1cnn(C)c1)c1ccc(F)cc1. The Bertz CT molecular complexity index is 461. The number of rotatable bonds is 3. The summed E-state index contributed by atoms with van der Waals surface area (Å²) < 4.78 is 14.5. The largest absolute Gasteiger partial charge is 0.376 e. The summed E-state index contributed by atoms with van der Waals surface area (Å²) in [5.74, 6) is -0.211. The van der Waals surface area contributed by atoms with Gasteiger partial charge in [-0.1, -0.05) is 12.1 Å². The van der Waals surface area contributed by atoms with Crippen molar-refractivity contribution in [2.24, 2.45) is 7.05 Å². The number of halogens is 1. The molecule has 0 amide bonds. The van der Waals surface area contributed by atoms with E-state index in [0.29, 0.717) is 0 Å². The Labute approximate surface area is 93.9 Å². The lowest BCUT2D eigenvalue weighted by molar-refractivity contribution is 0.626. The molecule has 2 rings (SSSR count). The number of anilines is 1. The normalized spacial score (nSPS) is 12.4. The van der Waals surface area contributed by atoms with Gasteiger partial charge in [-0.3, -0.25) is 4.68 Å². The minimum atomic E-state index is -0.211. The van der Waals surface area contributed by atoms with Gasteiger partial charge in [0.15, 0.2) is 0 Å². The van der Waals surface area contributed by atoms with Crippen LogP contribution in [-0.4, -0.2) is 9.78 Å². The third kappa shape index (κ3) is 2.39. The summed E-state index contributed by atoms with van der Waals surface area (Å²) in [6.07, 6.45) is 3.67. The average molecular weight is 219 g/mol. The smallest absolute Gasteiger partial charge is 0.123 e. The van der Waals surface area contributed by atoms with Gasteiger partial charge in [0.05, 0.1) is 11.9 Å². The third-order valence-electron chi connectivity index (χ3n) is 2.46. The number of hydrogen-bond donors (Lipinski definition) is 1. The second-order valence-corrected chi connectivity index (χ2v) is 3.82. The van der Waals surface area contributed by atoms with E-state index in [1.54, 1.807) is 23.0 Å². The van der Waals surface area contributed by atoms with E-state index >= 15 is 0 Å². The van der Waals surface area contributed by atoms with E-state index in [-0.39, 0.29) is 11.9 Å². The van der Waals surface area contributed by atoms with Crippen LogP contribution in [0, 0.1) is 5.82 Å². The first-order valence-corrected chi connectivity index (χ1v) is 5.16. The monoisotopic (exact) mass is 219 g/mol. The molecule has 0 spiro atoms. The van der Waals surface area contributed by atoms with Gasteiger partial charge in [0.2, 0.25) is 0 Å². The molecule has 0 aliphatic heterocycles.